The number of amides is 1. The highest BCUT2D eigenvalue weighted by molar-refractivity contribution is 5.99. The molecule has 2 aromatic rings. The van der Waals surface area contributed by atoms with Crippen LogP contribution >= 0.6 is 0 Å². The molecule has 0 spiro atoms. The van der Waals surface area contributed by atoms with Gasteiger partial charge in [-0.3, -0.25) is 14.4 Å². The fraction of sp³-hybridized carbons (Fsp3) is 0.333. The number of carbonyl (C=O) groups excluding carboxylic acids is 1. The van der Waals surface area contributed by atoms with Crippen LogP contribution < -0.4 is 15.4 Å². The third kappa shape index (κ3) is 2.33. The number of nitrogens with zero attached hydrogens (tertiary/aromatic N) is 3. The lowest BCUT2D eigenvalue weighted by Gasteiger charge is -2.33. The number of nitrogen functional groups attached to an aromatic ring is 1. The van der Waals surface area contributed by atoms with E-state index >= 15 is 0 Å². The minimum Gasteiger partial charge on any atom is -0.479 e. The molecule has 0 saturated carbocycles. The minimum absolute atomic E-state index is 0.0638. The Hall–Kier alpha value is -2.50. The Morgan fingerprint density at radius 1 is 1.38 bits per heavy atom. The molecule has 1 amide bonds. The summed E-state index contributed by atoms with van der Waals surface area (Å²) in [5, 5.41) is 4.32. The average Bonchev–Trinajstić information content (AvgIpc) is 2.73. The summed E-state index contributed by atoms with van der Waals surface area (Å²) in [6, 6.07) is 7.31. The molecule has 21 heavy (non-hydrogen) atoms. The van der Waals surface area contributed by atoms with Crippen LogP contribution in [0.15, 0.2) is 24.3 Å². The van der Waals surface area contributed by atoms with Gasteiger partial charge in [0.25, 0.3) is 5.91 Å². The summed E-state index contributed by atoms with van der Waals surface area (Å²) >= 11 is 0. The number of hydrogen-bond acceptors (Lipinski definition) is 4. The molecule has 6 heteroatoms. The van der Waals surface area contributed by atoms with Crippen molar-refractivity contribution in [2.24, 2.45) is 7.05 Å². The van der Waals surface area contributed by atoms with Crippen LogP contribution in [0.5, 0.6) is 5.75 Å². The van der Waals surface area contributed by atoms with Crippen LogP contribution in [0.25, 0.3) is 0 Å². The lowest BCUT2D eigenvalue weighted by atomic mass is 10.1. The zero-order chi connectivity index (χ0) is 15.1. The lowest BCUT2D eigenvalue weighted by Crippen LogP contribution is -2.44. The molecule has 110 valence electrons. The molecule has 1 unspecified atom stereocenters. The molecule has 1 atom stereocenters. The number of aryl methyl sites for hydroxylation is 2. The predicted molar refractivity (Wildman–Crippen MR) is 80.1 cm³/mol. The highest BCUT2D eigenvalue weighted by atomic mass is 16.5. The van der Waals surface area contributed by atoms with Crippen molar-refractivity contribution >= 4 is 17.3 Å². The van der Waals surface area contributed by atoms with Crippen molar-refractivity contribution in [1.82, 2.24) is 9.78 Å². The van der Waals surface area contributed by atoms with Crippen LogP contribution in [0.1, 0.15) is 18.3 Å². The van der Waals surface area contributed by atoms with Gasteiger partial charge in [-0.2, -0.15) is 5.10 Å². The van der Waals surface area contributed by atoms with Crippen molar-refractivity contribution in [1.29, 1.82) is 0 Å². The maximum absolute atomic E-state index is 12.4. The molecule has 0 bridgehead atoms. The van der Waals surface area contributed by atoms with Crippen molar-refractivity contribution in [3.05, 3.63) is 35.7 Å². The molecule has 2 heterocycles. The van der Waals surface area contributed by atoms with E-state index in [0.29, 0.717) is 18.0 Å². The number of rotatable bonds is 2. The molecular formula is C15H18N4O2. The predicted octanol–water partition coefficient (Wildman–Crippen LogP) is 1.62. The normalized spacial score (nSPS) is 17.6. The Labute approximate surface area is 123 Å². The van der Waals surface area contributed by atoms with Gasteiger partial charge in [-0.15, -0.1) is 0 Å². The van der Waals surface area contributed by atoms with Crippen molar-refractivity contribution in [3.8, 4) is 5.75 Å². The molecule has 1 aliphatic rings. The second-order valence-electron chi connectivity index (χ2n) is 5.31. The molecule has 0 radical (unpaired) electrons. The van der Waals surface area contributed by atoms with E-state index in [-0.39, 0.29) is 5.91 Å². The second kappa shape index (κ2) is 4.80. The zero-order valence-corrected chi connectivity index (χ0v) is 12.3. The highest BCUT2D eigenvalue weighted by Crippen LogP contribution is 2.36. The summed E-state index contributed by atoms with van der Waals surface area (Å²) in [6.45, 7) is 4.14. The van der Waals surface area contributed by atoms with Crippen molar-refractivity contribution in [2.45, 2.75) is 26.5 Å². The maximum atomic E-state index is 12.4. The monoisotopic (exact) mass is 286 g/mol. The molecule has 1 aromatic carbocycles. The molecule has 0 saturated heterocycles. The van der Waals surface area contributed by atoms with Gasteiger partial charge >= 0.3 is 0 Å². The summed E-state index contributed by atoms with van der Waals surface area (Å²) in [5.74, 6) is 0.576. The lowest BCUT2D eigenvalue weighted by molar-refractivity contribution is -0.125. The Morgan fingerprint density at radius 3 is 2.81 bits per heavy atom. The van der Waals surface area contributed by atoms with Crippen LogP contribution in [0.2, 0.25) is 0 Å². The summed E-state index contributed by atoms with van der Waals surface area (Å²) in [5.41, 5.74) is 9.05. The van der Waals surface area contributed by atoms with Gasteiger partial charge in [0, 0.05) is 18.8 Å². The summed E-state index contributed by atoms with van der Waals surface area (Å²) < 4.78 is 7.43. The highest BCUT2D eigenvalue weighted by Gasteiger charge is 2.32. The Bertz CT molecular complexity index is 708. The molecule has 1 aromatic heterocycles. The van der Waals surface area contributed by atoms with Crippen molar-refractivity contribution in [2.75, 3.05) is 10.6 Å². The smallest absolute Gasteiger partial charge is 0.268 e. The standard InChI is InChI=1S/C15H18N4O2/c1-9-6-12(18(3)17-9)8-19-13-5-4-11(16)7-14(13)21-10(2)15(19)20/h4-7,10H,8,16H2,1-3H3. The maximum Gasteiger partial charge on any atom is 0.268 e. The van der Waals surface area contributed by atoms with Gasteiger partial charge in [0.05, 0.1) is 23.6 Å². The Kier molecular flexibility index (Phi) is 3.08. The van der Waals surface area contributed by atoms with Gasteiger partial charge in [0.1, 0.15) is 5.75 Å². The van der Waals surface area contributed by atoms with Gasteiger partial charge in [0.2, 0.25) is 0 Å². The quantitative estimate of drug-likeness (QED) is 0.851. The van der Waals surface area contributed by atoms with Crippen LogP contribution in [-0.2, 0) is 18.4 Å². The van der Waals surface area contributed by atoms with Crippen LogP contribution in [0, 0.1) is 6.92 Å². The average molecular weight is 286 g/mol. The van der Waals surface area contributed by atoms with Gasteiger partial charge in [-0.1, -0.05) is 0 Å². The van der Waals surface area contributed by atoms with E-state index in [9.17, 15) is 4.79 Å². The van der Waals surface area contributed by atoms with Crippen molar-refractivity contribution < 1.29 is 9.53 Å². The largest absolute Gasteiger partial charge is 0.479 e. The first-order valence-corrected chi connectivity index (χ1v) is 6.83. The van der Waals surface area contributed by atoms with E-state index in [4.69, 9.17) is 10.5 Å². The first-order chi connectivity index (χ1) is 9.95. The number of hydrogen-bond donors (Lipinski definition) is 1. The number of benzene rings is 1. The first-order valence-electron chi connectivity index (χ1n) is 6.83. The summed E-state index contributed by atoms with van der Waals surface area (Å²) in [4.78, 5) is 14.2. The number of anilines is 2. The van der Waals surface area contributed by atoms with E-state index in [2.05, 4.69) is 5.10 Å². The van der Waals surface area contributed by atoms with Gasteiger partial charge in [-0.05, 0) is 32.0 Å². The third-order valence-corrected chi connectivity index (χ3v) is 3.61. The van der Waals surface area contributed by atoms with Crippen molar-refractivity contribution in [3.63, 3.8) is 0 Å². The number of aromatic nitrogens is 2. The van der Waals surface area contributed by atoms with E-state index in [0.717, 1.165) is 17.1 Å². The third-order valence-electron chi connectivity index (χ3n) is 3.61. The molecule has 0 aliphatic carbocycles. The van der Waals surface area contributed by atoms with Crippen LogP contribution in [-0.4, -0.2) is 21.8 Å². The minimum atomic E-state index is -0.520. The van der Waals surface area contributed by atoms with E-state index in [1.165, 1.54) is 0 Å². The van der Waals surface area contributed by atoms with E-state index in [1.54, 1.807) is 28.6 Å². The number of carbonyl (C=O) groups is 1. The summed E-state index contributed by atoms with van der Waals surface area (Å²) in [7, 11) is 1.88. The first kappa shape index (κ1) is 13.5. The molecule has 1 aliphatic heterocycles. The van der Waals surface area contributed by atoms with Gasteiger partial charge in [0.15, 0.2) is 6.10 Å². The molecule has 3 rings (SSSR count). The zero-order valence-electron chi connectivity index (χ0n) is 12.3. The number of ether oxygens (including phenoxy) is 1. The second-order valence-corrected chi connectivity index (χ2v) is 5.31. The Balaban J connectivity index is 2.01. The molecule has 6 nitrogen and oxygen atoms in total. The number of fused-ring (bicyclic) bond motifs is 1. The van der Waals surface area contributed by atoms with Crippen LogP contribution in [0.4, 0.5) is 11.4 Å². The van der Waals surface area contributed by atoms with Crippen LogP contribution in [0.3, 0.4) is 0 Å². The van der Waals surface area contributed by atoms with E-state index < -0.39 is 6.10 Å². The molecule has 0 fully saturated rings. The fourth-order valence-corrected chi connectivity index (χ4v) is 2.56. The SMILES string of the molecule is Cc1cc(CN2C(=O)C(C)Oc3cc(N)ccc32)n(C)n1. The van der Waals surface area contributed by atoms with Gasteiger partial charge in [-0.25, -0.2) is 0 Å². The fourth-order valence-electron chi connectivity index (χ4n) is 2.56. The van der Waals surface area contributed by atoms with Gasteiger partial charge < -0.3 is 10.5 Å². The van der Waals surface area contributed by atoms with E-state index in [1.807, 2.05) is 26.1 Å². The summed E-state index contributed by atoms with van der Waals surface area (Å²) in [6.07, 6.45) is -0.520. The molecule has 2 N–H and O–H groups in total. The topological polar surface area (TPSA) is 73.4 Å². The Morgan fingerprint density at radius 2 is 2.14 bits per heavy atom. The molecular weight excluding hydrogens is 268 g/mol. The number of nitrogens with two attached hydrogens (primary N) is 1.